The van der Waals surface area contributed by atoms with Crippen LogP contribution in [0.3, 0.4) is 0 Å². The minimum atomic E-state index is -0.193. The second-order valence-corrected chi connectivity index (χ2v) is 6.27. The van der Waals surface area contributed by atoms with Crippen LogP contribution in [0.4, 0.5) is 0 Å². The summed E-state index contributed by atoms with van der Waals surface area (Å²) in [4.78, 5) is 29.7. The Morgan fingerprint density at radius 3 is 2.80 bits per heavy atom. The highest BCUT2D eigenvalue weighted by Crippen LogP contribution is 2.15. The molecule has 3 aromatic rings. The van der Waals surface area contributed by atoms with Crippen LogP contribution in [0.2, 0.25) is 0 Å². The van der Waals surface area contributed by atoms with E-state index in [0.29, 0.717) is 17.9 Å². The summed E-state index contributed by atoms with van der Waals surface area (Å²) in [7, 11) is 0. The number of benzene rings is 1. The minimum absolute atomic E-state index is 0.160. The fourth-order valence-electron chi connectivity index (χ4n) is 2.84. The highest BCUT2D eigenvalue weighted by Gasteiger charge is 2.19. The number of fused-ring (bicyclic) bond motifs is 1. The van der Waals surface area contributed by atoms with Crippen molar-refractivity contribution < 1.29 is 9.21 Å². The first kappa shape index (κ1) is 17.0. The van der Waals surface area contributed by atoms with E-state index in [9.17, 15) is 9.59 Å². The van der Waals surface area contributed by atoms with Gasteiger partial charge in [-0.1, -0.05) is 25.5 Å². The van der Waals surface area contributed by atoms with E-state index in [4.69, 9.17) is 4.42 Å². The van der Waals surface area contributed by atoms with E-state index < -0.39 is 0 Å². The number of H-pyrrole nitrogens is 1. The number of rotatable bonds is 6. The van der Waals surface area contributed by atoms with Crippen LogP contribution in [0, 0.1) is 6.92 Å². The van der Waals surface area contributed by atoms with Crippen molar-refractivity contribution in [2.45, 2.75) is 33.2 Å². The van der Waals surface area contributed by atoms with Gasteiger partial charge in [-0.15, -0.1) is 0 Å². The van der Waals surface area contributed by atoms with E-state index in [-0.39, 0.29) is 18.0 Å². The fraction of sp³-hybridized carbons (Fsp3) is 0.300. The van der Waals surface area contributed by atoms with Crippen LogP contribution in [-0.2, 0) is 6.54 Å². The van der Waals surface area contributed by atoms with Gasteiger partial charge in [0.05, 0.1) is 12.8 Å². The summed E-state index contributed by atoms with van der Waals surface area (Å²) in [6.07, 6.45) is 3.32. The maximum absolute atomic E-state index is 12.7. The molecule has 0 aliphatic rings. The molecule has 0 fully saturated rings. The molecule has 1 aromatic carbocycles. The molecule has 0 radical (unpaired) electrons. The minimum Gasteiger partial charge on any atom is -0.459 e. The van der Waals surface area contributed by atoms with E-state index >= 15 is 0 Å². The molecule has 2 heterocycles. The van der Waals surface area contributed by atoms with Crippen molar-refractivity contribution in [1.82, 2.24) is 9.88 Å². The molecule has 130 valence electrons. The third-order valence-electron chi connectivity index (χ3n) is 4.24. The van der Waals surface area contributed by atoms with Gasteiger partial charge >= 0.3 is 0 Å². The number of carbonyl (C=O) groups is 1. The zero-order valence-corrected chi connectivity index (χ0v) is 14.5. The summed E-state index contributed by atoms with van der Waals surface area (Å²) >= 11 is 0. The summed E-state index contributed by atoms with van der Waals surface area (Å²) in [5, 5.41) is 0.959. The standard InChI is InChI=1S/C20H22N2O3/c1-3-4-9-22(20(24)18-6-5-10-25-18)13-16-12-15-8-7-14(2)11-17(15)21-19(16)23/h5-8,10-12H,3-4,9,13H2,1-2H3,(H,21,23). The van der Waals surface area contributed by atoms with Gasteiger partial charge in [-0.25, -0.2) is 0 Å². The molecule has 5 nitrogen and oxygen atoms in total. The van der Waals surface area contributed by atoms with Crippen molar-refractivity contribution in [3.63, 3.8) is 0 Å². The van der Waals surface area contributed by atoms with Crippen LogP contribution in [0.15, 0.2) is 51.9 Å². The molecule has 0 spiro atoms. The van der Waals surface area contributed by atoms with E-state index in [1.54, 1.807) is 17.0 Å². The molecule has 25 heavy (non-hydrogen) atoms. The fourth-order valence-corrected chi connectivity index (χ4v) is 2.84. The molecule has 1 N–H and O–H groups in total. The van der Waals surface area contributed by atoms with Gasteiger partial charge in [0.25, 0.3) is 11.5 Å². The molecule has 3 rings (SSSR count). The molecular formula is C20H22N2O3. The van der Waals surface area contributed by atoms with Gasteiger partial charge in [0.15, 0.2) is 5.76 Å². The Morgan fingerprint density at radius 2 is 2.08 bits per heavy atom. The monoisotopic (exact) mass is 338 g/mol. The van der Waals surface area contributed by atoms with Crippen molar-refractivity contribution in [2.24, 2.45) is 0 Å². The molecule has 0 saturated carbocycles. The van der Waals surface area contributed by atoms with Gasteiger partial charge in [-0.3, -0.25) is 9.59 Å². The van der Waals surface area contributed by atoms with E-state index in [2.05, 4.69) is 11.9 Å². The maximum atomic E-state index is 12.7. The Balaban J connectivity index is 1.92. The van der Waals surface area contributed by atoms with Crippen molar-refractivity contribution in [2.75, 3.05) is 6.54 Å². The lowest BCUT2D eigenvalue weighted by Gasteiger charge is -2.21. The first-order valence-electron chi connectivity index (χ1n) is 8.54. The first-order valence-corrected chi connectivity index (χ1v) is 8.54. The number of furan rings is 1. The molecular weight excluding hydrogens is 316 g/mol. The maximum Gasteiger partial charge on any atom is 0.289 e. The summed E-state index contributed by atoms with van der Waals surface area (Å²) < 4.78 is 5.23. The smallest absolute Gasteiger partial charge is 0.289 e. The highest BCUT2D eigenvalue weighted by molar-refractivity contribution is 5.91. The van der Waals surface area contributed by atoms with E-state index in [1.807, 2.05) is 31.2 Å². The number of hydrogen-bond acceptors (Lipinski definition) is 3. The molecule has 0 atom stereocenters. The predicted octanol–water partition coefficient (Wildman–Crippen LogP) is 3.87. The molecule has 2 aromatic heterocycles. The molecule has 1 amide bonds. The number of hydrogen-bond donors (Lipinski definition) is 1. The molecule has 0 bridgehead atoms. The predicted molar refractivity (Wildman–Crippen MR) is 97.7 cm³/mol. The van der Waals surface area contributed by atoms with Gasteiger partial charge in [0.2, 0.25) is 0 Å². The Hall–Kier alpha value is -2.82. The zero-order chi connectivity index (χ0) is 17.8. The van der Waals surface area contributed by atoms with Crippen LogP contribution >= 0.6 is 0 Å². The molecule has 0 aliphatic carbocycles. The van der Waals surface area contributed by atoms with Crippen molar-refractivity contribution in [1.29, 1.82) is 0 Å². The van der Waals surface area contributed by atoms with E-state index in [1.165, 1.54) is 6.26 Å². The van der Waals surface area contributed by atoms with Crippen LogP contribution in [-0.4, -0.2) is 22.3 Å². The molecule has 5 heteroatoms. The largest absolute Gasteiger partial charge is 0.459 e. The molecule has 0 unspecified atom stereocenters. The number of amides is 1. The number of nitrogens with zero attached hydrogens (tertiary/aromatic N) is 1. The third-order valence-corrected chi connectivity index (χ3v) is 4.24. The van der Waals surface area contributed by atoms with Crippen LogP contribution < -0.4 is 5.56 Å². The van der Waals surface area contributed by atoms with Gasteiger partial charge in [0, 0.05) is 17.6 Å². The highest BCUT2D eigenvalue weighted by atomic mass is 16.3. The second-order valence-electron chi connectivity index (χ2n) is 6.27. The average Bonchev–Trinajstić information content (AvgIpc) is 3.13. The summed E-state index contributed by atoms with van der Waals surface area (Å²) in [6.45, 7) is 4.90. The summed E-state index contributed by atoms with van der Waals surface area (Å²) in [5.41, 5.74) is 2.32. The Labute approximate surface area is 146 Å². The Kier molecular flexibility index (Phi) is 5.03. The molecule has 0 aliphatic heterocycles. The van der Waals surface area contributed by atoms with Gasteiger partial charge in [0.1, 0.15) is 0 Å². The van der Waals surface area contributed by atoms with Crippen LogP contribution in [0.25, 0.3) is 10.9 Å². The Morgan fingerprint density at radius 1 is 1.24 bits per heavy atom. The number of aryl methyl sites for hydroxylation is 1. The summed E-state index contributed by atoms with van der Waals surface area (Å²) in [6, 6.07) is 11.1. The van der Waals surface area contributed by atoms with Gasteiger partial charge < -0.3 is 14.3 Å². The lowest BCUT2D eigenvalue weighted by molar-refractivity contribution is 0.0708. The van der Waals surface area contributed by atoms with Crippen molar-refractivity contribution in [3.05, 3.63) is 69.9 Å². The third kappa shape index (κ3) is 3.82. The van der Waals surface area contributed by atoms with Crippen molar-refractivity contribution in [3.8, 4) is 0 Å². The average molecular weight is 338 g/mol. The second kappa shape index (κ2) is 7.38. The van der Waals surface area contributed by atoms with Gasteiger partial charge in [-0.05, 0) is 48.6 Å². The number of aromatic nitrogens is 1. The number of carbonyl (C=O) groups excluding carboxylic acids is 1. The SMILES string of the molecule is CCCCN(Cc1cc2ccc(C)cc2[nH]c1=O)C(=O)c1ccco1. The lowest BCUT2D eigenvalue weighted by atomic mass is 10.1. The van der Waals surface area contributed by atoms with Gasteiger partial charge in [-0.2, -0.15) is 0 Å². The first-order chi connectivity index (χ1) is 12.1. The quantitative estimate of drug-likeness (QED) is 0.742. The Bertz CT molecular complexity index is 926. The zero-order valence-electron chi connectivity index (χ0n) is 14.5. The summed E-state index contributed by atoms with van der Waals surface area (Å²) in [5.74, 6) is 0.103. The van der Waals surface area contributed by atoms with Crippen molar-refractivity contribution >= 4 is 16.8 Å². The number of nitrogens with one attached hydrogen (secondary N) is 1. The number of aromatic amines is 1. The van der Waals surface area contributed by atoms with E-state index in [0.717, 1.165) is 29.3 Å². The normalized spacial score (nSPS) is 11.0. The number of unbranched alkanes of at least 4 members (excludes halogenated alkanes) is 1. The number of pyridine rings is 1. The van der Waals surface area contributed by atoms with Crippen LogP contribution in [0.5, 0.6) is 0 Å². The topological polar surface area (TPSA) is 66.3 Å². The van der Waals surface area contributed by atoms with Crippen LogP contribution in [0.1, 0.15) is 41.4 Å². The molecule has 0 saturated heterocycles. The lowest BCUT2D eigenvalue weighted by Crippen LogP contribution is -2.33.